The lowest BCUT2D eigenvalue weighted by molar-refractivity contribution is -0.135. The van der Waals surface area contributed by atoms with Crippen molar-refractivity contribution < 1.29 is 14.3 Å². The minimum atomic E-state index is -0.325. The second kappa shape index (κ2) is 12.9. The molecule has 0 saturated carbocycles. The molecule has 0 saturated heterocycles. The summed E-state index contributed by atoms with van der Waals surface area (Å²) in [5.74, 6) is 0.434. The molecule has 116 valence electrons. The van der Waals surface area contributed by atoms with Gasteiger partial charge in [-0.05, 0) is 39.7 Å². The van der Waals surface area contributed by atoms with E-state index < -0.39 is 0 Å². The largest absolute Gasteiger partial charge is 0.428 e. The van der Waals surface area contributed by atoms with E-state index in [4.69, 9.17) is 9.47 Å². The molecule has 20 heavy (non-hydrogen) atoms. The van der Waals surface area contributed by atoms with E-state index in [0.717, 1.165) is 38.2 Å². The molecule has 0 atom stereocenters. The van der Waals surface area contributed by atoms with Crippen molar-refractivity contribution >= 4 is 5.97 Å². The lowest BCUT2D eigenvalue weighted by Gasteiger charge is -2.08. The Morgan fingerprint density at radius 3 is 2.25 bits per heavy atom. The third-order valence-electron chi connectivity index (χ3n) is 3.06. The summed E-state index contributed by atoms with van der Waals surface area (Å²) in [5, 5.41) is 0. The van der Waals surface area contributed by atoms with Gasteiger partial charge in [-0.2, -0.15) is 0 Å². The first-order chi connectivity index (χ1) is 9.61. The third-order valence-corrected chi connectivity index (χ3v) is 3.06. The summed E-state index contributed by atoms with van der Waals surface area (Å²) in [5.41, 5.74) is 0.443. The number of hydrogen-bond donors (Lipinski definition) is 0. The Balaban J connectivity index is 3.53. The molecule has 0 rings (SSSR count). The fraction of sp³-hybridized carbons (Fsp3) is 0.706. The van der Waals surface area contributed by atoms with Crippen molar-refractivity contribution in [2.24, 2.45) is 0 Å². The van der Waals surface area contributed by atoms with Crippen molar-refractivity contribution in [2.45, 2.75) is 65.7 Å². The quantitative estimate of drug-likeness (QED) is 0.224. The van der Waals surface area contributed by atoms with E-state index in [9.17, 15) is 4.79 Å². The third kappa shape index (κ3) is 10.8. The second-order valence-electron chi connectivity index (χ2n) is 4.99. The van der Waals surface area contributed by atoms with Gasteiger partial charge >= 0.3 is 5.97 Å². The Kier molecular flexibility index (Phi) is 12.2. The van der Waals surface area contributed by atoms with Crippen molar-refractivity contribution in [3.63, 3.8) is 0 Å². The van der Waals surface area contributed by atoms with E-state index in [2.05, 4.69) is 6.58 Å². The van der Waals surface area contributed by atoms with Crippen molar-refractivity contribution in [2.75, 3.05) is 13.2 Å². The zero-order valence-electron chi connectivity index (χ0n) is 13.4. The standard InChI is InChI=1S/C17H30O3/c1-5-16(20-17(18)15(3)4)13-11-9-7-8-10-12-14-19-6-2/h5H,3,6-14H2,1-2,4H3/b16-5-. The first-order valence-electron chi connectivity index (χ1n) is 7.72. The van der Waals surface area contributed by atoms with Gasteiger partial charge in [0.25, 0.3) is 0 Å². The van der Waals surface area contributed by atoms with Gasteiger partial charge < -0.3 is 9.47 Å². The smallest absolute Gasteiger partial charge is 0.338 e. The molecule has 0 aliphatic heterocycles. The molecule has 0 bridgehead atoms. The molecular weight excluding hydrogens is 252 g/mol. The SMILES string of the molecule is C=C(C)C(=O)O/C(=C\C)CCCCCCCCOCC. The molecule has 0 spiro atoms. The van der Waals surface area contributed by atoms with Gasteiger partial charge in [0.15, 0.2) is 0 Å². The van der Waals surface area contributed by atoms with Crippen molar-refractivity contribution in [1.82, 2.24) is 0 Å². The fourth-order valence-corrected chi connectivity index (χ4v) is 1.82. The minimum absolute atomic E-state index is 0.325. The molecule has 3 nitrogen and oxygen atoms in total. The number of carbonyl (C=O) groups is 1. The molecular formula is C17H30O3. The van der Waals surface area contributed by atoms with Crippen LogP contribution >= 0.6 is 0 Å². The van der Waals surface area contributed by atoms with Crippen molar-refractivity contribution in [3.8, 4) is 0 Å². The highest BCUT2D eigenvalue weighted by Crippen LogP contribution is 2.14. The maximum Gasteiger partial charge on any atom is 0.338 e. The van der Waals surface area contributed by atoms with Gasteiger partial charge in [-0.1, -0.05) is 32.3 Å². The van der Waals surface area contributed by atoms with Crippen LogP contribution in [-0.2, 0) is 14.3 Å². The summed E-state index contributed by atoms with van der Waals surface area (Å²) in [4.78, 5) is 11.4. The number of carbonyl (C=O) groups excluding carboxylic acids is 1. The molecule has 0 N–H and O–H groups in total. The van der Waals surface area contributed by atoms with Crippen LogP contribution in [0.4, 0.5) is 0 Å². The molecule has 0 aromatic rings. The lowest BCUT2D eigenvalue weighted by Crippen LogP contribution is -2.04. The van der Waals surface area contributed by atoms with Crippen LogP contribution in [0, 0.1) is 0 Å². The summed E-state index contributed by atoms with van der Waals surface area (Å²) in [6.45, 7) is 10.9. The van der Waals surface area contributed by atoms with Gasteiger partial charge in [0.2, 0.25) is 0 Å². The Bertz CT molecular complexity index is 305. The maximum absolute atomic E-state index is 11.4. The highest BCUT2D eigenvalue weighted by atomic mass is 16.5. The van der Waals surface area contributed by atoms with Crippen LogP contribution in [0.25, 0.3) is 0 Å². The van der Waals surface area contributed by atoms with Gasteiger partial charge in [0, 0.05) is 25.2 Å². The van der Waals surface area contributed by atoms with Gasteiger partial charge in [0.1, 0.15) is 5.76 Å². The van der Waals surface area contributed by atoms with E-state index in [-0.39, 0.29) is 5.97 Å². The zero-order chi connectivity index (χ0) is 15.2. The average Bonchev–Trinajstić information content (AvgIpc) is 2.43. The van der Waals surface area contributed by atoms with Crippen LogP contribution in [0.15, 0.2) is 24.0 Å². The van der Waals surface area contributed by atoms with E-state index in [1.807, 2.05) is 19.9 Å². The number of allylic oxidation sites excluding steroid dienone is 2. The first-order valence-corrected chi connectivity index (χ1v) is 7.72. The summed E-state index contributed by atoms with van der Waals surface area (Å²) in [6, 6.07) is 0. The van der Waals surface area contributed by atoms with E-state index >= 15 is 0 Å². The van der Waals surface area contributed by atoms with Gasteiger partial charge in [-0.25, -0.2) is 4.79 Å². The highest BCUT2D eigenvalue weighted by molar-refractivity contribution is 5.87. The number of unbranched alkanes of at least 4 members (excludes halogenated alkanes) is 5. The van der Waals surface area contributed by atoms with Crippen LogP contribution in [0.2, 0.25) is 0 Å². The summed E-state index contributed by atoms with van der Waals surface area (Å²) < 4.78 is 10.5. The predicted octanol–water partition coefficient (Wildman–Crippen LogP) is 4.78. The Morgan fingerprint density at radius 1 is 1.10 bits per heavy atom. The van der Waals surface area contributed by atoms with Crippen LogP contribution in [0.1, 0.15) is 65.7 Å². The number of esters is 1. The van der Waals surface area contributed by atoms with Crippen LogP contribution in [0.3, 0.4) is 0 Å². The molecule has 0 heterocycles. The molecule has 0 aromatic carbocycles. The molecule has 0 aliphatic rings. The van der Waals surface area contributed by atoms with Gasteiger partial charge in [-0.15, -0.1) is 0 Å². The normalized spacial score (nSPS) is 11.4. The molecule has 0 aliphatic carbocycles. The zero-order valence-corrected chi connectivity index (χ0v) is 13.4. The highest BCUT2D eigenvalue weighted by Gasteiger charge is 2.06. The van der Waals surface area contributed by atoms with E-state index in [0.29, 0.717) is 5.57 Å². The van der Waals surface area contributed by atoms with E-state index in [1.54, 1.807) is 6.92 Å². The lowest BCUT2D eigenvalue weighted by atomic mass is 10.1. The van der Waals surface area contributed by atoms with Gasteiger partial charge in [-0.3, -0.25) is 0 Å². The molecule has 0 fully saturated rings. The van der Waals surface area contributed by atoms with Crippen molar-refractivity contribution in [1.29, 1.82) is 0 Å². The van der Waals surface area contributed by atoms with Crippen molar-refractivity contribution in [3.05, 3.63) is 24.0 Å². The van der Waals surface area contributed by atoms with Gasteiger partial charge in [0.05, 0.1) is 0 Å². The Morgan fingerprint density at radius 2 is 1.70 bits per heavy atom. The van der Waals surface area contributed by atoms with E-state index in [1.165, 1.54) is 25.7 Å². The fourth-order valence-electron chi connectivity index (χ4n) is 1.82. The first kappa shape index (κ1) is 18.9. The topological polar surface area (TPSA) is 35.5 Å². The minimum Gasteiger partial charge on any atom is -0.428 e. The number of rotatable bonds is 12. The van der Waals surface area contributed by atoms with Crippen LogP contribution in [0.5, 0.6) is 0 Å². The Hall–Kier alpha value is -1.09. The maximum atomic E-state index is 11.4. The second-order valence-corrected chi connectivity index (χ2v) is 4.99. The summed E-state index contributed by atoms with van der Waals surface area (Å²) in [7, 11) is 0. The number of hydrogen-bond acceptors (Lipinski definition) is 3. The predicted molar refractivity (Wildman–Crippen MR) is 83.5 cm³/mol. The summed E-state index contributed by atoms with van der Waals surface area (Å²) >= 11 is 0. The monoisotopic (exact) mass is 282 g/mol. The molecule has 0 radical (unpaired) electrons. The summed E-state index contributed by atoms with van der Waals surface area (Å²) in [6.07, 6.45) is 9.81. The van der Waals surface area contributed by atoms with Crippen LogP contribution < -0.4 is 0 Å². The molecule has 0 amide bonds. The molecule has 0 unspecified atom stereocenters. The number of ether oxygens (including phenoxy) is 2. The van der Waals surface area contributed by atoms with Crippen LogP contribution in [-0.4, -0.2) is 19.2 Å². The molecule has 3 heteroatoms. The molecule has 0 aromatic heterocycles. The average molecular weight is 282 g/mol. The Labute approximate surface area is 124 Å².